The van der Waals surface area contributed by atoms with Crippen LogP contribution in [0.4, 0.5) is 0 Å². The normalized spacial score (nSPS) is 11.6. The fourth-order valence-corrected chi connectivity index (χ4v) is 1.77. The highest BCUT2D eigenvalue weighted by Crippen LogP contribution is 2.14. The second-order valence-electron chi connectivity index (χ2n) is 4.46. The van der Waals surface area contributed by atoms with Gasteiger partial charge in [0, 0.05) is 31.8 Å². The lowest BCUT2D eigenvalue weighted by atomic mass is 10.2. The zero-order valence-electron chi connectivity index (χ0n) is 11.3. The van der Waals surface area contributed by atoms with Gasteiger partial charge in [0.15, 0.2) is 0 Å². The molecule has 0 aliphatic rings. The molecule has 0 bridgehead atoms. The van der Waals surface area contributed by atoms with Crippen LogP contribution in [0.15, 0.2) is 16.7 Å². The molecule has 1 aromatic rings. The van der Waals surface area contributed by atoms with Crippen molar-refractivity contribution in [3.63, 3.8) is 0 Å². The van der Waals surface area contributed by atoms with Gasteiger partial charge in [-0.15, -0.1) is 0 Å². The van der Waals surface area contributed by atoms with Crippen LogP contribution < -0.4 is 5.32 Å². The number of furan rings is 1. The smallest absolute Gasteiger partial charge is 0.122 e. The average Bonchev–Trinajstić information content (AvgIpc) is 2.72. The van der Waals surface area contributed by atoms with E-state index in [2.05, 4.69) is 30.1 Å². The Morgan fingerprint density at radius 2 is 2.24 bits per heavy atom. The van der Waals surface area contributed by atoms with E-state index in [1.807, 2.05) is 7.05 Å². The van der Waals surface area contributed by atoms with E-state index in [0.717, 1.165) is 32.0 Å². The van der Waals surface area contributed by atoms with Gasteiger partial charge in [-0.05, 0) is 27.0 Å². The summed E-state index contributed by atoms with van der Waals surface area (Å²) < 4.78 is 10.6. The van der Waals surface area contributed by atoms with Gasteiger partial charge in [-0.1, -0.05) is 0 Å². The highest BCUT2D eigenvalue weighted by atomic mass is 16.5. The minimum absolute atomic E-state index is 0.502. The van der Waals surface area contributed by atoms with E-state index in [1.54, 1.807) is 13.4 Å². The van der Waals surface area contributed by atoms with Crippen molar-refractivity contribution in [3.8, 4) is 0 Å². The predicted molar refractivity (Wildman–Crippen MR) is 68.9 cm³/mol. The van der Waals surface area contributed by atoms with E-state index in [4.69, 9.17) is 9.15 Å². The lowest BCUT2D eigenvalue weighted by Crippen LogP contribution is -2.33. The summed E-state index contributed by atoms with van der Waals surface area (Å²) in [7, 11) is 3.67. The van der Waals surface area contributed by atoms with Crippen molar-refractivity contribution >= 4 is 0 Å². The molecule has 0 unspecified atom stereocenters. The standard InChI is InChI=1S/C13H24N2O2/c1-11(2)15(6-8-16-4)10-12-5-7-17-13(12)9-14-3/h5,7,11,14H,6,8-10H2,1-4H3. The van der Waals surface area contributed by atoms with Crippen LogP contribution >= 0.6 is 0 Å². The van der Waals surface area contributed by atoms with Crippen LogP contribution in [0.5, 0.6) is 0 Å². The largest absolute Gasteiger partial charge is 0.468 e. The van der Waals surface area contributed by atoms with Gasteiger partial charge in [0.25, 0.3) is 0 Å². The molecule has 0 aliphatic carbocycles. The summed E-state index contributed by atoms with van der Waals surface area (Å²) in [6.07, 6.45) is 1.76. The number of rotatable bonds is 8. The Bertz CT molecular complexity index is 310. The maximum absolute atomic E-state index is 5.47. The first kappa shape index (κ1) is 14.2. The highest BCUT2D eigenvalue weighted by Gasteiger charge is 2.13. The molecule has 0 aliphatic heterocycles. The Balaban J connectivity index is 2.61. The molecule has 0 saturated carbocycles. The molecule has 0 amide bonds. The molecule has 4 nitrogen and oxygen atoms in total. The molecule has 98 valence electrons. The van der Waals surface area contributed by atoms with E-state index < -0.39 is 0 Å². The van der Waals surface area contributed by atoms with Crippen molar-refractivity contribution in [1.82, 2.24) is 10.2 Å². The van der Waals surface area contributed by atoms with Crippen molar-refractivity contribution in [2.45, 2.75) is 33.0 Å². The van der Waals surface area contributed by atoms with Crippen LogP contribution in [0.3, 0.4) is 0 Å². The van der Waals surface area contributed by atoms with Crippen LogP contribution in [-0.2, 0) is 17.8 Å². The molecular formula is C13H24N2O2. The van der Waals surface area contributed by atoms with Gasteiger partial charge in [-0.25, -0.2) is 0 Å². The van der Waals surface area contributed by atoms with Gasteiger partial charge in [0.2, 0.25) is 0 Å². The number of hydrogen-bond donors (Lipinski definition) is 1. The van der Waals surface area contributed by atoms with Gasteiger partial charge in [-0.2, -0.15) is 0 Å². The second-order valence-corrected chi connectivity index (χ2v) is 4.46. The fraction of sp³-hybridized carbons (Fsp3) is 0.692. The van der Waals surface area contributed by atoms with Gasteiger partial charge in [0.1, 0.15) is 5.76 Å². The summed E-state index contributed by atoms with van der Waals surface area (Å²) in [6.45, 7) is 7.80. The van der Waals surface area contributed by atoms with Crippen LogP contribution in [0, 0.1) is 0 Å². The first-order valence-corrected chi connectivity index (χ1v) is 6.11. The zero-order chi connectivity index (χ0) is 12.7. The third-order valence-corrected chi connectivity index (χ3v) is 2.86. The first-order valence-electron chi connectivity index (χ1n) is 6.11. The summed E-state index contributed by atoms with van der Waals surface area (Å²) in [5, 5.41) is 3.12. The number of nitrogens with zero attached hydrogens (tertiary/aromatic N) is 1. The third-order valence-electron chi connectivity index (χ3n) is 2.86. The topological polar surface area (TPSA) is 37.6 Å². The van der Waals surface area contributed by atoms with E-state index in [9.17, 15) is 0 Å². The SMILES string of the molecule is CNCc1occc1CN(CCOC)C(C)C. The molecule has 0 fully saturated rings. The number of hydrogen-bond acceptors (Lipinski definition) is 4. The Morgan fingerprint density at radius 1 is 1.47 bits per heavy atom. The van der Waals surface area contributed by atoms with Crippen molar-refractivity contribution in [3.05, 3.63) is 23.7 Å². The van der Waals surface area contributed by atoms with E-state index in [1.165, 1.54) is 5.56 Å². The van der Waals surface area contributed by atoms with Gasteiger partial charge in [-0.3, -0.25) is 4.90 Å². The summed E-state index contributed by atoms with van der Waals surface area (Å²) in [5.74, 6) is 1.02. The fourth-order valence-electron chi connectivity index (χ4n) is 1.77. The van der Waals surface area contributed by atoms with Crippen LogP contribution in [-0.4, -0.2) is 38.3 Å². The summed E-state index contributed by atoms with van der Waals surface area (Å²) in [4.78, 5) is 2.38. The maximum Gasteiger partial charge on any atom is 0.122 e. The maximum atomic E-state index is 5.47. The summed E-state index contributed by atoms with van der Waals surface area (Å²) in [6, 6.07) is 2.55. The molecule has 1 aromatic heterocycles. The van der Waals surface area contributed by atoms with Crippen LogP contribution in [0.1, 0.15) is 25.2 Å². The quantitative estimate of drug-likeness (QED) is 0.752. The molecule has 1 heterocycles. The molecule has 1 rings (SSSR count). The Labute approximate surface area is 104 Å². The minimum Gasteiger partial charge on any atom is -0.468 e. The Morgan fingerprint density at radius 3 is 2.82 bits per heavy atom. The van der Waals surface area contributed by atoms with Crippen molar-refractivity contribution in [2.24, 2.45) is 0 Å². The number of methoxy groups -OCH3 is 1. The Hall–Kier alpha value is -0.840. The predicted octanol–water partition coefficient (Wildman–Crippen LogP) is 1.86. The number of ether oxygens (including phenoxy) is 1. The zero-order valence-corrected chi connectivity index (χ0v) is 11.3. The average molecular weight is 240 g/mol. The van der Waals surface area contributed by atoms with Crippen LogP contribution in [0.2, 0.25) is 0 Å². The molecule has 0 radical (unpaired) electrons. The number of nitrogens with one attached hydrogen (secondary N) is 1. The molecule has 17 heavy (non-hydrogen) atoms. The second kappa shape index (κ2) is 7.48. The molecule has 0 saturated heterocycles. The molecule has 0 aromatic carbocycles. The summed E-state index contributed by atoms with van der Waals surface area (Å²) >= 11 is 0. The van der Waals surface area contributed by atoms with Crippen molar-refractivity contribution in [1.29, 1.82) is 0 Å². The lowest BCUT2D eigenvalue weighted by molar-refractivity contribution is 0.124. The molecule has 0 atom stereocenters. The molecule has 0 spiro atoms. The molecular weight excluding hydrogens is 216 g/mol. The third kappa shape index (κ3) is 4.50. The minimum atomic E-state index is 0.502. The monoisotopic (exact) mass is 240 g/mol. The lowest BCUT2D eigenvalue weighted by Gasteiger charge is -2.25. The summed E-state index contributed by atoms with van der Waals surface area (Å²) in [5.41, 5.74) is 1.25. The van der Waals surface area contributed by atoms with Crippen molar-refractivity contribution < 1.29 is 9.15 Å². The highest BCUT2D eigenvalue weighted by molar-refractivity contribution is 5.16. The van der Waals surface area contributed by atoms with E-state index >= 15 is 0 Å². The van der Waals surface area contributed by atoms with Gasteiger partial charge < -0.3 is 14.5 Å². The van der Waals surface area contributed by atoms with E-state index in [0.29, 0.717) is 6.04 Å². The van der Waals surface area contributed by atoms with Gasteiger partial charge in [0.05, 0.1) is 19.4 Å². The van der Waals surface area contributed by atoms with Crippen LogP contribution in [0.25, 0.3) is 0 Å². The van der Waals surface area contributed by atoms with Crippen molar-refractivity contribution in [2.75, 3.05) is 27.3 Å². The first-order chi connectivity index (χ1) is 8.19. The molecule has 4 heteroatoms. The van der Waals surface area contributed by atoms with Gasteiger partial charge >= 0.3 is 0 Å². The molecule has 1 N–H and O–H groups in total. The Kier molecular flexibility index (Phi) is 6.26. The van der Waals surface area contributed by atoms with E-state index in [-0.39, 0.29) is 0 Å².